The minimum Gasteiger partial charge on any atom is -0.350 e. The number of likely N-dealkylation sites (tertiary alicyclic amines) is 1. The van der Waals surface area contributed by atoms with E-state index in [0.29, 0.717) is 40.1 Å². The molecule has 1 aliphatic heterocycles. The Bertz CT molecular complexity index is 1420. The monoisotopic (exact) mass is 506 g/mol. The third-order valence-corrected chi connectivity index (χ3v) is 7.34. The number of fused-ring (bicyclic) bond motifs is 1. The van der Waals surface area contributed by atoms with Crippen LogP contribution in [-0.2, 0) is 4.79 Å². The minimum absolute atomic E-state index is 0.121. The Hall–Kier alpha value is -3.16. The Morgan fingerprint density at radius 2 is 1.86 bits per heavy atom. The summed E-state index contributed by atoms with van der Waals surface area (Å²) in [5.74, 6) is 2.48. The molecule has 1 saturated heterocycles. The number of aromatic nitrogens is 4. The van der Waals surface area contributed by atoms with Gasteiger partial charge in [-0.05, 0) is 62.1 Å². The van der Waals surface area contributed by atoms with Crippen molar-refractivity contribution in [3.05, 3.63) is 64.8 Å². The van der Waals surface area contributed by atoms with Crippen LogP contribution in [0.5, 0.6) is 0 Å². The molecule has 3 heterocycles. The number of nitrogens with zero attached hydrogens (tertiary/aromatic N) is 5. The molecule has 35 heavy (non-hydrogen) atoms. The van der Waals surface area contributed by atoms with Crippen molar-refractivity contribution >= 4 is 46.1 Å². The first-order valence-corrected chi connectivity index (χ1v) is 12.6. The molecule has 2 aromatic heterocycles. The lowest BCUT2D eigenvalue weighted by molar-refractivity contribution is -0.133. The van der Waals surface area contributed by atoms with Crippen LogP contribution in [-0.4, -0.2) is 49.5 Å². The topological polar surface area (TPSA) is 75.9 Å². The van der Waals surface area contributed by atoms with Gasteiger partial charge in [0.05, 0.1) is 21.1 Å². The van der Waals surface area contributed by atoms with E-state index in [2.05, 4.69) is 10.3 Å². The lowest BCUT2D eigenvalue weighted by atomic mass is 10.1. The summed E-state index contributed by atoms with van der Waals surface area (Å²) >= 11 is 12.5. The number of imidazole rings is 1. The molecule has 0 unspecified atom stereocenters. The maximum Gasteiger partial charge on any atom is 0.225 e. The average Bonchev–Trinajstić information content (AvgIpc) is 3.65. The van der Waals surface area contributed by atoms with Gasteiger partial charge < -0.3 is 10.2 Å². The van der Waals surface area contributed by atoms with Gasteiger partial charge in [-0.2, -0.15) is 4.98 Å². The number of carbonyl (C=O) groups excluding carboxylic acids is 1. The summed E-state index contributed by atoms with van der Waals surface area (Å²) in [6.45, 7) is 1.52. The zero-order valence-corrected chi connectivity index (χ0v) is 20.5. The van der Waals surface area contributed by atoms with Crippen molar-refractivity contribution in [3.8, 4) is 17.2 Å². The highest BCUT2D eigenvalue weighted by atomic mass is 35.5. The average molecular weight is 507 g/mol. The molecule has 1 amide bonds. The molecule has 0 radical (unpaired) electrons. The minimum atomic E-state index is 0.121. The Kier molecular flexibility index (Phi) is 5.82. The van der Waals surface area contributed by atoms with E-state index in [-0.39, 0.29) is 12.0 Å². The Labute approximate surface area is 213 Å². The zero-order chi connectivity index (χ0) is 23.9. The van der Waals surface area contributed by atoms with Gasteiger partial charge in [0.25, 0.3) is 0 Å². The van der Waals surface area contributed by atoms with E-state index in [4.69, 9.17) is 33.2 Å². The molecule has 178 valence electrons. The molecule has 4 aromatic rings. The fourth-order valence-corrected chi connectivity index (χ4v) is 4.99. The number of nitrogens with one attached hydrogen (secondary N) is 1. The molecule has 9 heteroatoms. The predicted molar refractivity (Wildman–Crippen MR) is 138 cm³/mol. The van der Waals surface area contributed by atoms with Crippen molar-refractivity contribution in [2.75, 3.05) is 18.4 Å². The number of halogens is 2. The maximum absolute atomic E-state index is 12.5. The van der Waals surface area contributed by atoms with Crippen LogP contribution in [0.1, 0.15) is 25.7 Å². The van der Waals surface area contributed by atoms with Gasteiger partial charge in [-0.15, -0.1) is 0 Å². The summed E-state index contributed by atoms with van der Waals surface area (Å²) in [6.07, 6.45) is 5.75. The lowest BCUT2D eigenvalue weighted by Crippen LogP contribution is -2.45. The first-order valence-electron chi connectivity index (χ1n) is 11.9. The number of rotatable bonds is 5. The molecule has 2 aromatic carbocycles. The van der Waals surface area contributed by atoms with Crippen molar-refractivity contribution in [2.45, 2.75) is 31.7 Å². The van der Waals surface area contributed by atoms with Crippen molar-refractivity contribution < 1.29 is 4.79 Å². The number of anilines is 1. The van der Waals surface area contributed by atoms with Crippen molar-refractivity contribution in [1.82, 2.24) is 24.4 Å². The van der Waals surface area contributed by atoms with Crippen molar-refractivity contribution in [3.63, 3.8) is 0 Å². The van der Waals surface area contributed by atoms with Crippen LogP contribution in [0.2, 0.25) is 10.0 Å². The molecule has 2 fully saturated rings. The quantitative estimate of drug-likeness (QED) is 0.381. The lowest BCUT2D eigenvalue weighted by Gasteiger charge is -2.33. The normalized spacial score (nSPS) is 18.1. The number of para-hydroxylation sites is 2. The Morgan fingerprint density at radius 3 is 2.69 bits per heavy atom. The van der Waals surface area contributed by atoms with Crippen LogP contribution in [0.3, 0.4) is 0 Å². The predicted octanol–water partition coefficient (Wildman–Crippen LogP) is 5.60. The summed E-state index contributed by atoms with van der Waals surface area (Å²) in [7, 11) is 0. The van der Waals surface area contributed by atoms with Gasteiger partial charge in [0.15, 0.2) is 0 Å². The van der Waals surface area contributed by atoms with Gasteiger partial charge in [-0.3, -0.25) is 9.36 Å². The third kappa shape index (κ3) is 4.46. The molecule has 0 spiro atoms. The Morgan fingerprint density at radius 1 is 1.00 bits per heavy atom. The molecule has 7 nitrogen and oxygen atoms in total. The van der Waals surface area contributed by atoms with Crippen molar-refractivity contribution in [2.24, 2.45) is 5.92 Å². The van der Waals surface area contributed by atoms with E-state index in [0.717, 1.165) is 48.8 Å². The van der Waals surface area contributed by atoms with Gasteiger partial charge in [-0.25, -0.2) is 9.97 Å². The molecule has 1 atom stereocenters. The van der Waals surface area contributed by atoms with Gasteiger partial charge in [0.1, 0.15) is 11.6 Å². The third-order valence-electron chi connectivity index (χ3n) is 6.60. The van der Waals surface area contributed by atoms with Crippen LogP contribution in [0.25, 0.3) is 28.2 Å². The number of hydrogen-bond donors (Lipinski definition) is 1. The largest absolute Gasteiger partial charge is 0.350 e. The fourth-order valence-electron chi connectivity index (χ4n) is 4.70. The van der Waals surface area contributed by atoms with Crippen LogP contribution >= 0.6 is 23.2 Å². The number of amides is 1. The van der Waals surface area contributed by atoms with Gasteiger partial charge in [0, 0.05) is 36.8 Å². The summed E-state index contributed by atoms with van der Waals surface area (Å²) in [5.41, 5.74) is 2.62. The smallest absolute Gasteiger partial charge is 0.225 e. The summed E-state index contributed by atoms with van der Waals surface area (Å²) in [6, 6.07) is 15.4. The second-order valence-electron chi connectivity index (χ2n) is 9.17. The second-order valence-corrected chi connectivity index (χ2v) is 9.98. The zero-order valence-electron chi connectivity index (χ0n) is 19.0. The fraction of sp³-hybridized carbons (Fsp3) is 0.308. The highest BCUT2D eigenvalue weighted by molar-refractivity contribution is 6.42. The van der Waals surface area contributed by atoms with Crippen LogP contribution in [0, 0.1) is 5.92 Å². The van der Waals surface area contributed by atoms with Crippen LogP contribution in [0.4, 0.5) is 5.95 Å². The molecule has 2 aliphatic rings. The summed E-state index contributed by atoms with van der Waals surface area (Å²) < 4.78 is 2.01. The van der Waals surface area contributed by atoms with E-state index in [1.54, 1.807) is 12.3 Å². The number of piperidine rings is 1. The van der Waals surface area contributed by atoms with E-state index < -0.39 is 0 Å². The number of carbonyl (C=O) groups is 1. The second kappa shape index (κ2) is 9.13. The first kappa shape index (κ1) is 22.3. The molecule has 0 bridgehead atoms. The van der Waals surface area contributed by atoms with E-state index in [1.165, 1.54) is 0 Å². The molecular formula is C26H24Cl2N6O. The highest BCUT2D eigenvalue weighted by Gasteiger charge is 2.35. The number of benzene rings is 2. The van der Waals surface area contributed by atoms with Gasteiger partial charge >= 0.3 is 0 Å². The highest BCUT2D eigenvalue weighted by Crippen LogP contribution is 2.33. The molecule has 1 saturated carbocycles. The van der Waals surface area contributed by atoms with Gasteiger partial charge in [-0.1, -0.05) is 35.3 Å². The molecule has 1 N–H and O–H groups in total. The summed E-state index contributed by atoms with van der Waals surface area (Å²) in [4.78, 5) is 28.7. The van der Waals surface area contributed by atoms with E-state index >= 15 is 0 Å². The molecule has 6 rings (SSSR count). The molecule has 1 aliphatic carbocycles. The van der Waals surface area contributed by atoms with Crippen LogP contribution < -0.4 is 5.32 Å². The first-order chi connectivity index (χ1) is 17.1. The molecular weight excluding hydrogens is 483 g/mol. The number of hydrogen-bond acceptors (Lipinski definition) is 5. The van der Waals surface area contributed by atoms with E-state index in [9.17, 15) is 4.79 Å². The SMILES string of the molecule is O=C(C1CC1)N1CCC[C@@H](Nc2nccc(-n3c(-c4ccc(Cl)c(Cl)c4)nc4ccccc43)n2)C1. The van der Waals surface area contributed by atoms with Crippen molar-refractivity contribution in [1.29, 1.82) is 0 Å². The van der Waals surface area contributed by atoms with Crippen LogP contribution in [0.15, 0.2) is 54.7 Å². The van der Waals surface area contributed by atoms with Gasteiger partial charge in [0.2, 0.25) is 11.9 Å². The standard InChI is InChI=1S/C26H24Cl2N6O/c27-19-10-9-17(14-20(19)28)24-31-21-5-1-2-6-22(21)34(24)23-11-12-29-26(32-23)30-18-4-3-13-33(15-18)25(35)16-7-8-16/h1-2,5-6,9-12,14,16,18H,3-4,7-8,13,15H2,(H,29,30,32)/t18-/m1/s1. The summed E-state index contributed by atoms with van der Waals surface area (Å²) in [5, 5.41) is 4.42. The Balaban J connectivity index is 1.33. The maximum atomic E-state index is 12.5. The van der Waals surface area contributed by atoms with E-state index in [1.807, 2.05) is 51.9 Å².